The minimum absolute atomic E-state index is 0.00807. The van der Waals surface area contributed by atoms with Gasteiger partial charge in [-0.05, 0) is 68.2 Å². The van der Waals surface area contributed by atoms with Gasteiger partial charge in [-0.2, -0.15) is 0 Å². The summed E-state index contributed by atoms with van der Waals surface area (Å²) in [6.45, 7) is 4.34. The van der Waals surface area contributed by atoms with Crippen molar-refractivity contribution < 1.29 is 38.9 Å². The standard InChI is InChI=1S/C33H50N6O8/c1-20(2)16-25(33(45)46)37-30(42)26-19-47-15-6-4-8-22-17-21(11-12-28(22)40)18-24(29(41)38-26)36-31(43)27-10-7-14-39(27)32(44)23(35)9-3-5-13-34/h4,6,11-12,17,20,23-27,40H,3,5,7-10,13-16,18-19,34-35H2,1-2H3,(H,36,43)(H,37,42)(H,38,41)(H,45,46)/t23-,24-,25-,26-,27-/m0/s1. The highest BCUT2D eigenvalue weighted by Crippen LogP contribution is 2.22. The monoisotopic (exact) mass is 658 g/mol. The zero-order valence-electron chi connectivity index (χ0n) is 27.3. The topological polar surface area (TPSA) is 226 Å². The summed E-state index contributed by atoms with van der Waals surface area (Å²) in [4.78, 5) is 67.3. The maximum Gasteiger partial charge on any atom is 0.326 e. The first-order chi connectivity index (χ1) is 22.4. The third-order valence-corrected chi connectivity index (χ3v) is 8.30. The average Bonchev–Trinajstić information content (AvgIpc) is 3.52. The van der Waals surface area contributed by atoms with Gasteiger partial charge in [0.25, 0.3) is 0 Å². The predicted octanol–water partition coefficient (Wildman–Crippen LogP) is 0.0960. The number of nitrogens with one attached hydrogen (secondary N) is 3. The van der Waals surface area contributed by atoms with Crippen LogP contribution in [0.15, 0.2) is 30.4 Å². The van der Waals surface area contributed by atoms with E-state index in [1.165, 1.54) is 11.0 Å². The summed E-state index contributed by atoms with van der Waals surface area (Å²) in [6.07, 6.45) is 6.91. The molecule has 47 heavy (non-hydrogen) atoms. The van der Waals surface area contributed by atoms with Crippen LogP contribution in [0.25, 0.3) is 0 Å². The SMILES string of the molecule is CC(C)C[C@H](NC(=O)[C@@H]1COCC=CCc2cc(ccc2O)C[C@H](NC(=O)[C@@H]2CCCN2C(=O)[C@@H](N)CCCCN)C(=O)N1)C(=O)O. The number of ether oxygens (including phenoxy) is 1. The second-order valence-electron chi connectivity index (χ2n) is 12.6. The van der Waals surface area contributed by atoms with E-state index in [9.17, 15) is 34.2 Å². The first-order valence-corrected chi connectivity index (χ1v) is 16.3. The Morgan fingerprint density at radius 1 is 1.15 bits per heavy atom. The van der Waals surface area contributed by atoms with E-state index in [2.05, 4.69) is 16.0 Å². The number of amides is 4. The lowest BCUT2D eigenvalue weighted by Gasteiger charge is -2.29. The van der Waals surface area contributed by atoms with Crippen LogP contribution in [0.4, 0.5) is 0 Å². The van der Waals surface area contributed by atoms with Crippen molar-refractivity contribution in [3.05, 3.63) is 41.5 Å². The van der Waals surface area contributed by atoms with E-state index in [1.54, 1.807) is 24.3 Å². The van der Waals surface area contributed by atoms with Gasteiger partial charge in [0.05, 0.1) is 19.3 Å². The van der Waals surface area contributed by atoms with Gasteiger partial charge in [-0.25, -0.2) is 4.79 Å². The Bertz CT molecular complexity index is 1290. The number of likely N-dealkylation sites (tertiary alicyclic amines) is 1. The lowest BCUT2D eigenvalue weighted by atomic mass is 9.99. The van der Waals surface area contributed by atoms with Crippen molar-refractivity contribution in [1.29, 1.82) is 0 Å². The molecule has 2 aliphatic heterocycles. The molecular weight excluding hydrogens is 608 g/mol. The first kappa shape index (κ1) is 37.4. The molecule has 0 unspecified atom stereocenters. The van der Waals surface area contributed by atoms with E-state index >= 15 is 0 Å². The smallest absolute Gasteiger partial charge is 0.326 e. The quantitative estimate of drug-likeness (QED) is 0.118. The number of carbonyl (C=O) groups excluding carboxylic acids is 4. The Morgan fingerprint density at radius 2 is 1.91 bits per heavy atom. The molecule has 4 amide bonds. The van der Waals surface area contributed by atoms with Gasteiger partial charge in [-0.15, -0.1) is 0 Å². The number of carboxylic acid groups (broad SMARTS) is 1. The number of allylic oxidation sites excluding steroid dienone is 1. The number of unbranched alkanes of at least 4 members (excludes halogenated alkanes) is 1. The highest BCUT2D eigenvalue weighted by molar-refractivity contribution is 5.95. The minimum Gasteiger partial charge on any atom is -0.508 e. The number of aliphatic carboxylic acids is 1. The zero-order chi connectivity index (χ0) is 34.5. The van der Waals surface area contributed by atoms with E-state index in [0.717, 1.165) is 6.42 Å². The van der Waals surface area contributed by atoms with Gasteiger partial charge in [0, 0.05) is 13.0 Å². The second kappa shape index (κ2) is 18.4. The lowest BCUT2D eigenvalue weighted by molar-refractivity contribution is -0.143. The lowest BCUT2D eigenvalue weighted by Crippen LogP contribution is -2.59. The van der Waals surface area contributed by atoms with Crippen molar-refractivity contribution in [1.82, 2.24) is 20.9 Å². The van der Waals surface area contributed by atoms with Crippen LogP contribution in [-0.2, 0) is 41.6 Å². The number of fused-ring (bicyclic) bond motifs is 2. The molecule has 0 aliphatic carbocycles. The van der Waals surface area contributed by atoms with E-state index < -0.39 is 53.9 Å². The number of nitrogens with two attached hydrogens (primary N) is 2. The summed E-state index contributed by atoms with van der Waals surface area (Å²) in [5.41, 5.74) is 13.0. The number of phenols is 1. The summed E-state index contributed by atoms with van der Waals surface area (Å²) < 4.78 is 5.64. The van der Waals surface area contributed by atoms with Crippen LogP contribution >= 0.6 is 0 Å². The molecule has 5 atom stereocenters. The normalized spacial score (nSPS) is 21.8. The van der Waals surface area contributed by atoms with Gasteiger partial charge in [-0.1, -0.05) is 44.6 Å². The maximum absolute atomic E-state index is 13.8. The van der Waals surface area contributed by atoms with E-state index in [0.29, 0.717) is 56.3 Å². The largest absolute Gasteiger partial charge is 0.508 e. The Hall–Kier alpha value is -4.01. The number of aromatic hydroxyl groups is 1. The average molecular weight is 659 g/mol. The molecule has 14 nitrogen and oxygen atoms in total. The molecule has 1 saturated heterocycles. The number of carbonyl (C=O) groups is 5. The van der Waals surface area contributed by atoms with Crippen LogP contribution < -0.4 is 27.4 Å². The van der Waals surface area contributed by atoms with Crippen molar-refractivity contribution >= 4 is 29.6 Å². The molecule has 1 fully saturated rings. The molecule has 0 aromatic heterocycles. The highest BCUT2D eigenvalue weighted by Gasteiger charge is 2.38. The fraction of sp³-hybridized carbons (Fsp3) is 0.606. The predicted molar refractivity (Wildman–Crippen MR) is 174 cm³/mol. The Kier molecular flexibility index (Phi) is 14.6. The number of hydrogen-bond acceptors (Lipinski definition) is 9. The van der Waals surface area contributed by atoms with Gasteiger partial charge in [0.15, 0.2) is 0 Å². The number of hydrogen-bond donors (Lipinski definition) is 7. The van der Waals surface area contributed by atoms with Crippen LogP contribution in [0.5, 0.6) is 5.75 Å². The van der Waals surface area contributed by atoms with Gasteiger partial charge < -0.3 is 47.3 Å². The molecule has 2 bridgehead atoms. The van der Waals surface area contributed by atoms with Crippen molar-refractivity contribution in [2.24, 2.45) is 17.4 Å². The van der Waals surface area contributed by atoms with Crippen LogP contribution in [0.1, 0.15) is 63.5 Å². The van der Waals surface area contributed by atoms with Crippen molar-refractivity contribution in [2.45, 2.75) is 95.4 Å². The molecular formula is C33H50N6O8. The van der Waals surface area contributed by atoms with Crippen molar-refractivity contribution in [3.63, 3.8) is 0 Å². The van der Waals surface area contributed by atoms with Crippen LogP contribution in [0.3, 0.4) is 0 Å². The molecule has 260 valence electrons. The van der Waals surface area contributed by atoms with Crippen LogP contribution in [0.2, 0.25) is 0 Å². The third kappa shape index (κ3) is 11.3. The zero-order valence-corrected chi connectivity index (χ0v) is 27.3. The molecule has 9 N–H and O–H groups in total. The summed E-state index contributed by atoms with van der Waals surface area (Å²) in [5.74, 6) is -3.46. The summed E-state index contributed by atoms with van der Waals surface area (Å²) in [7, 11) is 0. The van der Waals surface area contributed by atoms with Crippen LogP contribution in [0, 0.1) is 5.92 Å². The number of nitrogens with zero attached hydrogens (tertiary/aromatic N) is 1. The molecule has 0 saturated carbocycles. The number of rotatable bonds is 12. The molecule has 14 heteroatoms. The summed E-state index contributed by atoms with van der Waals surface area (Å²) >= 11 is 0. The molecule has 2 heterocycles. The fourth-order valence-electron chi connectivity index (χ4n) is 5.74. The summed E-state index contributed by atoms with van der Waals surface area (Å²) in [5, 5.41) is 28.0. The fourth-order valence-corrected chi connectivity index (χ4v) is 5.74. The van der Waals surface area contributed by atoms with E-state index in [1.807, 2.05) is 13.8 Å². The first-order valence-electron chi connectivity index (χ1n) is 16.3. The number of phenolic OH excluding ortho intramolecular Hbond substituents is 1. The molecule has 0 radical (unpaired) electrons. The Morgan fingerprint density at radius 3 is 2.62 bits per heavy atom. The summed E-state index contributed by atoms with van der Waals surface area (Å²) in [6, 6.07) is -0.347. The van der Waals surface area contributed by atoms with Crippen molar-refractivity contribution in [3.8, 4) is 5.75 Å². The molecule has 1 aromatic carbocycles. The molecule has 1 aromatic rings. The van der Waals surface area contributed by atoms with Gasteiger partial charge in [-0.3, -0.25) is 19.2 Å². The molecule has 2 aliphatic rings. The van der Waals surface area contributed by atoms with Gasteiger partial charge in [0.1, 0.15) is 29.9 Å². The van der Waals surface area contributed by atoms with Crippen molar-refractivity contribution in [2.75, 3.05) is 26.3 Å². The minimum atomic E-state index is -1.27. The number of benzene rings is 1. The van der Waals surface area contributed by atoms with Gasteiger partial charge in [0.2, 0.25) is 23.6 Å². The maximum atomic E-state index is 13.8. The second-order valence-corrected chi connectivity index (χ2v) is 12.6. The Balaban J connectivity index is 1.86. The molecule has 3 rings (SSSR count). The van der Waals surface area contributed by atoms with Crippen LogP contribution in [-0.4, -0.2) is 101 Å². The van der Waals surface area contributed by atoms with E-state index in [4.69, 9.17) is 16.2 Å². The third-order valence-electron chi connectivity index (χ3n) is 8.30. The molecule has 0 spiro atoms. The number of carboxylic acids is 1. The van der Waals surface area contributed by atoms with E-state index in [-0.39, 0.29) is 43.6 Å². The Labute approximate surface area is 275 Å². The highest BCUT2D eigenvalue weighted by atomic mass is 16.5. The van der Waals surface area contributed by atoms with Gasteiger partial charge >= 0.3 is 5.97 Å².